The van der Waals surface area contributed by atoms with Gasteiger partial charge in [-0.15, -0.1) is 0 Å². The van der Waals surface area contributed by atoms with E-state index in [9.17, 15) is 0 Å². The van der Waals surface area contributed by atoms with Gasteiger partial charge in [-0.1, -0.05) is 39.5 Å². The number of rotatable bonds is 8. The van der Waals surface area contributed by atoms with Gasteiger partial charge in [-0.3, -0.25) is 0 Å². The Morgan fingerprint density at radius 3 is 2.00 bits per heavy atom. The molecule has 0 atom stereocenters. The predicted molar refractivity (Wildman–Crippen MR) is 77.9 cm³/mol. The zero-order chi connectivity index (χ0) is 12.9. The van der Waals surface area contributed by atoms with Crippen molar-refractivity contribution >= 4 is 0 Å². The Kier molecular flexibility index (Phi) is 5.12. The molecule has 0 aromatic rings. The van der Waals surface area contributed by atoms with Gasteiger partial charge in [0.15, 0.2) is 0 Å². The Morgan fingerprint density at radius 1 is 0.778 bits per heavy atom. The number of fused-ring (bicyclic) bond motifs is 3. The predicted octanol–water partition coefficient (Wildman–Crippen LogP) is 5.48. The fraction of sp³-hybridized carbons (Fsp3) is 1.00. The van der Waals surface area contributed by atoms with E-state index in [0.29, 0.717) is 5.60 Å². The smallest absolute Gasteiger partial charge is 0.0683 e. The molecule has 1 nitrogen and oxygen atoms in total. The van der Waals surface area contributed by atoms with Crippen LogP contribution in [0.5, 0.6) is 0 Å². The maximum Gasteiger partial charge on any atom is 0.0683 e. The maximum absolute atomic E-state index is 6.33. The van der Waals surface area contributed by atoms with Crippen molar-refractivity contribution in [2.24, 2.45) is 5.41 Å². The number of hydrogen-bond donors (Lipinski definition) is 0. The third-order valence-corrected chi connectivity index (χ3v) is 5.52. The molecular weight excluding hydrogens is 220 g/mol. The summed E-state index contributed by atoms with van der Waals surface area (Å²) in [5.74, 6) is 0. The van der Waals surface area contributed by atoms with Crippen LogP contribution in [0.2, 0.25) is 0 Å². The van der Waals surface area contributed by atoms with Gasteiger partial charge in [0, 0.05) is 6.61 Å². The van der Waals surface area contributed by atoms with Gasteiger partial charge in [0.25, 0.3) is 0 Å². The third kappa shape index (κ3) is 3.29. The molecule has 3 aliphatic carbocycles. The van der Waals surface area contributed by atoms with Gasteiger partial charge in [-0.05, 0) is 56.8 Å². The number of hydrogen-bond acceptors (Lipinski definition) is 1. The monoisotopic (exact) mass is 252 g/mol. The molecule has 0 aromatic heterocycles. The van der Waals surface area contributed by atoms with Crippen LogP contribution in [-0.2, 0) is 4.74 Å². The van der Waals surface area contributed by atoms with E-state index in [2.05, 4.69) is 13.8 Å². The lowest BCUT2D eigenvalue weighted by Crippen LogP contribution is -2.47. The molecule has 0 saturated heterocycles. The largest absolute Gasteiger partial charge is 0.375 e. The fourth-order valence-corrected chi connectivity index (χ4v) is 4.17. The number of unbranched alkanes of at least 4 members (excludes halogenated alkanes) is 3. The molecule has 0 aliphatic heterocycles. The van der Waals surface area contributed by atoms with Crippen LogP contribution >= 0.6 is 0 Å². The highest BCUT2D eigenvalue weighted by Gasteiger charge is 2.48. The van der Waals surface area contributed by atoms with Gasteiger partial charge < -0.3 is 4.74 Å². The van der Waals surface area contributed by atoms with E-state index >= 15 is 0 Å². The minimum atomic E-state index is 0.307. The zero-order valence-electron chi connectivity index (χ0n) is 12.6. The first-order valence-corrected chi connectivity index (χ1v) is 8.38. The van der Waals surface area contributed by atoms with E-state index in [0.717, 1.165) is 12.0 Å². The van der Waals surface area contributed by atoms with Crippen molar-refractivity contribution in [2.45, 2.75) is 96.5 Å². The normalized spacial score (nSPS) is 35.0. The summed E-state index contributed by atoms with van der Waals surface area (Å²) >= 11 is 0. The molecule has 0 radical (unpaired) electrons. The summed E-state index contributed by atoms with van der Waals surface area (Å²) in [7, 11) is 0. The summed E-state index contributed by atoms with van der Waals surface area (Å²) in [5, 5.41) is 0. The van der Waals surface area contributed by atoms with Gasteiger partial charge in [0.05, 0.1) is 5.60 Å². The molecule has 1 heteroatoms. The van der Waals surface area contributed by atoms with E-state index in [1.807, 2.05) is 0 Å². The summed E-state index contributed by atoms with van der Waals surface area (Å²) < 4.78 is 6.33. The van der Waals surface area contributed by atoms with Crippen LogP contribution in [0.1, 0.15) is 90.9 Å². The average Bonchev–Trinajstić information content (AvgIpc) is 2.41. The summed E-state index contributed by atoms with van der Waals surface area (Å²) in [6, 6.07) is 0. The van der Waals surface area contributed by atoms with Crippen LogP contribution in [0.25, 0.3) is 0 Å². The van der Waals surface area contributed by atoms with Crippen LogP contribution < -0.4 is 0 Å². The Labute approximate surface area is 114 Å². The first-order valence-electron chi connectivity index (χ1n) is 8.38. The molecule has 0 spiro atoms. The lowest BCUT2D eigenvalue weighted by atomic mass is 9.57. The highest BCUT2D eigenvalue weighted by molar-refractivity contribution is 5.00. The van der Waals surface area contributed by atoms with Crippen LogP contribution in [0, 0.1) is 5.41 Å². The van der Waals surface area contributed by atoms with Gasteiger partial charge in [0.1, 0.15) is 0 Å². The summed E-state index contributed by atoms with van der Waals surface area (Å²) in [6.45, 7) is 5.63. The van der Waals surface area contributed by atoms with Crippen molar-refractivity contribution in [3.05, 3.63) is 0 Å². The molecule has 3 fully saturated rings. The Hall–Kier alpha value is -0.0400. The van der Waals surface area contributed by atoms with Crippen molar-refractivity contribution in [3.63, 3.8) is 0 Å². The zero-order valence-corrected chi connectivity index (χ0v) is 12.6. The third-order valence-electron chi connectivity index (χ3n) is 5.52. The first-order chi connectivity index (χ1) is 8.74. The van der Waals surface area contributed by atoms with Crippen LogP contribution in [0.3, 0.4) is 0 Å². The standard InChI is InChI=1S/C17H32O/c1-3-5-6-7-15-18-17-12-9-16(8-4-2,10-13-17)11-14-17/h3-15H2,1-2H3. The van der Waals surface area contributed by atoms with E-state index in [1.54, 1.807) is 0 Å². The first kappa shape index (κ1) is 14.4. The molecule has 3 saturated carbocycles. The highest BCUT2D eigenvalue weighted by atomic mass is 16.5. The SMILES string of the molecule is CCCCCCOC12CCC(CCC)(CC1)CC2. The molecule has 0 N–H and O–H groups in total. The second kappa shape index (κ2) is 6.41. The Bertz CT molecular complexity index is 221. The maximum atomic E-state index is 6.33. The topological polar surface area (TPSA) is 9.23 Å². The van der Waals surface area contributed by atoms with E-state index in [-0.39, 0.29) is 0 Å². The second-order valence-electron chi connectivity index (χ2n) is 6.84. The van der Waals surface area contributed by atoms with Gasteiger partial charge in [-0.2, -0.15) is 0 Å². The Balaban J connectivity index is 1.72. The van der Waals surface area contributed by atoms with Gasteiger partial charge in [0.2, 0.25) is 0 Å². The quantitative estimate of drug-likeness (QED) is 0.520. The Morgan fingerprint density at radius 2 is 1.44 bits per heavy atom. The van der Waals surface area contributed by atoms with Crippen molar-refractivity contribution < 1.29 is 4.74 Å². The van der Waals surface area contributed by atoms with Crippen molar-refractivity contribution in [1.82, 2.24) is 0 Å². The van der Waals surface area contributed by atoms with Crippen LogP contribution in [0.4, 0.5) is 0 Å². The molecule has 18 heavy (non-hydrogen) atoms. The molecule has 0 unspecified atom stereocenters. The lowest BCUT2D eigenvalue weighted by Gasteiger charge is -2.53. The molecule has 3 aliphatic rings. The molecular formula is C17H32O. The van der Waals surface area contributed by atoms with Crippen molar-refractivity contribution in [2.75, 3.05) is 6.61 Å². The van der Waals surface area contributed by atoms with Gasteiger partial charge in [-0.25, -0.2) is 0 Å². The van der Waals surface area contributed by atoms with Crippen molar-refractivity contribution in [1.29, 1.82) is 0 Å². The fourth-order valence-electron chi connectivity index (χ4n) is 4.17. The van der Waals surface area contributed by atoms with E-state index in [1.165, 1.54) is 77.0 Å². The number of ether oxygens (including phenoxy) is 1. The molecule has 0 aromatic carbocycles. The molecule has 2 bridgehead atoms. The van der Waals surface area contributed by atoms with Crippen molar-refractivity contribution in [3.8, 4) is 0 Å². The van der Waals surface area contributed by atoms with Gasteiger partial charge >= 0.3 is 0 Å². The van der Waals surface area contributed by atoms with Crippen LogP contribution in [0.15, 0.2) is 0 Å². The minimum absolute atomic E-state index is 0.307. The summed E-state index contributed by atoms with van der Waals surface area (Å²) in [5.41, 5.74) is 1.03. The molecule has 0 heterocycles. The second-order valence-corrected chi connectivity index (χ2v) is 6.84. The molecule has 106 valence electrons. The van der Waals surface area contributed by atoms with Crippen LogP contribution in [-0.4, -0.2) is 12.2 Å². The van der Waals surface area contributed by atoms with E-state index in [4.69, 9.17) is 4.74 Å². The average molecular weight is 252 g/mol. The molecule has 0 amide bonds. The lowest BCUT2D eigenvalue weighted by molar-refractivity contribution is -0.138. The summed E-state index contributed by atoms with van der Waals surface area (Å²) in [6.07, 6.45) is 16.5. The molecule has 3 rings (SSSR count). The summed E-state index contributed by atoms with van der Waals surface area (Å²) in [4.78, 5) is 0. The highest BCUT2D eigenvalue weighted by Crippen LogP contribution is 2.55. The van der Waals surface area contributed by atoms with E-state index < -0.39 is 0 Å². The minimum Gasteiger partial charge on any atom is -0.375 e.